The summed E-state index contributed by atoms with van der Waals surface area (Å²) in [5.41, 5.74) is 2.73. The van der Waals surface area contributed by atoms with Crippen molar-refractivity contribution in [3.8, 4) is 6.07 Å². The minimum absolute atomic E-state index is 0.489. The van der Waals surface area contributed by atoms with Gasteiger partial charge in [-0.15, -0.1) is 0 Å². The number of aryl methyl sites for hydroxylation is 2. The normalized spacial score (nSPS) is 7.92. The van der Waals surface area contributed by atoms with Gasteiger partial charge in [-0.05, 0) is 31.0 Å². The van der Waals surface area contributed by atoms with Crippen molar-refractivity contribution in [2.75, 3.05) is 0 Å². The summed E-state index contributed by atoms with van der Waals surface area (Å²) in [6.07, 6.45) is 1.72. The van der Waals surface area contributed by atoms with Crippen LogP contribution >= 0.6 is 0 Å². The van der Waals surface area contributed by atoms with Gasteiger partial charge in [-0.2, -0.15) is 5.26 Å². The molecule has 0 saturated heterocycles. The summed E-state index contributed by atoms with van der Waals surface area (Å²) < 4.78 is 0. The van der Waals surface area contributed by atoms with Gasteiger partial charge >= 0.3 is 0 Å². The van der Waals surface area contributed by atoms with Crippen LogP contribution < -0.4 is 0 Å². The highest BCUT2D eigenvalue weighted by atomic mass is 14.7. The maximum atomic E-state index is 8.44. The smallest absolute Gasteiger partial charge is 0.140 e. The van der Waals surface area contributed by atoms with Crippen LogP contribution in [0.1, 0.15) is 30.7 Å². The molecular weight excluding hydrogens is 148 g/mol. The van der Waals surface area contributed by atoms with Crippen LogP contribution in [-0.2, 0) is 0 Å². The number of nitrogens with zero attached hydrogens (tertiary/aromatic N) is 2. The molecular formula is C10H14N2. The summed E-state index contributed by atoms with van der Waals surface area (Å²) in [5, 5.41) is 8.44. The SMILES string of the molecule is CC.Cc1cnc(C#N)cc1C. The van der Waals surface area contributed by atoms with Gasteiger partial charge in [-0.25, -0.2) is 4.98 Å². The minimum Gasteiger partial charge on any atom is -0.245 e. The monoisotopic (exact) mass is 162 g/mol. The van der Waals surface area contributed by atoms with Gasteiger partial charge in [-0.3, -0.25) is 0 Å². The molecule has 0 fully saturated rings. The van der Waals surface area contributed by atoms with Gasteiger partial charge in [0.2, 0.25) is 0 Å². The molecule has 0 N–H and O–H groups in total. The Labute approximate surface area is 73.9 Å². The Kier molecular flexibility index (Phi) is 4.71. The molecule has 0 aliphatic carbocycles. The van der Waals surface area contributed by atoms with Crippen LogP contribution in [0, 0.1) is 25.2 Å². The molecule has 0 bridgehead atoms. The van der Waals surface area contributed by atoms with Crippen LogP contribution in [0.25, 0.3) is 0 Å². The highest BCUT2D eigenvalue weighted by Gasteiger charge is 1.94. The van der Waals surface area contributed by atoms with Crippen molar-refractivity contribution in [1.82, 2.24) is 4.98 Å². The molecule has 2 nitrogen and oxygen atoms in total. The van der Waals surface area contributed by atoms with Crippen molar-refractivity contribution >= 4 is 0 Å². The van der Waals surface area contributed by atoms with E-state index in [-0.39, 0.29) is 0 Å². The van der Waals surface area contributed by atoms with Crippen molar-refractivity contribution in [3.63, 3.8) is 0 Å². The molecule has 0 unspecified atom stereocenters. The van der Waals surface area contributed by atoms with E-state index in [1.807, 2.05) is 33.8 Å². The maximum Gasteiger partial charge on any atom is 0.140 e. The van der Waals surface area contributed by atoms with Gasteiger partial charge in [-0.1, -0.05) is 13.8 Å². The number of aromatic nitrogens is 1. The van der Waals surface area contributed by atoms with Gasteiger partial charge < -0.3 is 0 Å². The van der Waals surface area contributed by atoms with Gasteiger partial charge in [0.05, 0.1) is 0 Å². The Bertz CT molecular complexity index is 284. The van der Waals surface area contributed by atoms with E-state index in [1.54, 1.807) is 12.3 Å². The second kappa shape index (κ2) is 5.31. The van der Waals surface area contributed by atoms with Crippen molar-refractivity contribution < 1.29 is 0 Å². The average molecular weight is 162 g/mol. The topological polar surface area (TPSA) is 36.7 Å². The largest absolute Gasteiger partial charge is 0.245 e. The molecule has 0 atom stereocenters. The Morgan fingerprint density at radius 1 is 1.25 bits per heavy atom. The standard InChI is InChI=1S/C8H8N2.C2H6/c1-6-3-8(4-9)10-5-7(6)2;1-2/h3,5H,1-2H3;1-2H3. The van der Waals surface area contributed by atoms with Crippen molar-refractivity contribution in [3.05, 3.63) is 29.1 Å². The van der Waals surface area contributed by atoms with Crippen LogP contribution in [0.15, 0.2) is 12.3 Å². The molecule has 0 aromatic carbocycles. The number of rotatable bonds is 0. The lowest BCUT2D eigenvalue weighted by Gasteiger charge is -1.96. The molecule has 0 spiro atoms. The average Bonchev–Trinajstić information content (AvgIpc) is 2.13. The molecule has 1 heterocycles. The summed E-state index contributed by atoms with van der Waals surface area (Å²) >= 11 is 0. The van der Waals surface area contributed by atoms with E-state index in [0.29, 0.717) is 5.69 Å². The van der Waals surface area contributed by atoms with E-state index in [0.717, 1.165) is 11.1 Å². The fourth-order valence-corrected chi connectivity index (χ4v) is 0.686. The molecule has 2 heteroatoms. The third-order valence-corrected chi connectivity index (χ3v) is 1.49. The molecule has 1 aromatic heterocycles. The minimum atomic E-state index is 0.489. The number of pyridine rings is 1. The Morgan fingerprint density at radius 3 is 2.25 bits per heavy atom. The summed E-state index contributed by atoms with van der Waals surface area (Å²) in [5.74, 6) is 0. The van der Waals surface area contributed by atoms with Crippen LogP contribution in [-0.4, -0.2) is 4.98 Å². The highest BCUT2D eigenvalue weighted by Crippen LogP contribution is 2.04. The lowest BCUT2D eigenvalue weighted by atomic mass is 10.2. The maximum absolute atomic E-state index is 8.44. The molecule has 0 saturated carbocycles. The first-order valence-corrected chi connectivity index (χ1v) is 4.07. The van der Waals surface area contributed by atoms with E-state index < -0.39 is 0 Å². The van der Waals surface area contributed by atoms with E-state index >= 15 is 0 Å². The van der Waals surface area contributed by atoms with Crippen LogP contribution in [0.3, 0.4) is 0 Å². The fraction of sp³-hybridized carbons (Fsp3) is 0.400. The third-order valence-electron chi connectivity index (χ3n) is 1.49. The third kappa shape index (κ3) is 2.71. The fourth-order valence-electron chi connectivity index (χ4n) is 0.686. The number of hydrogen-bond donors (Lipinski definition) is 0. The molecule has 64 valence electrons. The summed E-state index contributed by atoms with van der Waals surface area (Å²) in [4.78, 5) is 3.90. The molecule has 1 rings (SSSR count). The van der Waals surface area contributed by atoms with Crippen LogP contribution in [0.2, 0.25) is 0 Å². The summed E-state index contributed by atoms with van der Waals surface area (Å²) in [7, 11) is 0. The first kappa shape index (κ1) is 10.6. The second-order valence-electron chi connectivity index (χ2n) is 2.27. The molecule has 0 amide bonds. The molecule has 0 aliphatic rings. The number of hydrogen-bond acceptors (Lipinski definition) is 2. The zero-order chi connectivity index (χ0) is 9.56. The molecule has 0 aliphatic heterocycles. The molecule has 0 radical (unpaired) electrons. The van der Waals surface area contributed by atoms with Crippen molar-refractivity contribution in [2.24, 2.45) is 0 Å². The van der Waals surface area contributed by atoms with E-state index in [2.05, 4.69) is 4.98 Å². The quantitative estimate of drug-likeness (QED) is 0.588. The van der Waals surface area contributed by atoms with E-state index in [1.165, 1.54) is 0 Å². The second-order valence-corrected chi connectivity index (χ2v) is 2.27. The molecule has 12 heavy (non-hydrogen) atoms. The predicted molar refractivity (Wildman–Crippen MR) is 49.8 cm³/mol. The predicted octanol–water partition coefficient (Wildman–Crippen LogP) is 2.60. The number of nitriles is 1. The van der Waals surface area contributed by atoms with Gasteiger partial charge in [0.1, 0.15) is 11.8 Å². The summed E-state index contributed by atoms with van der Waals surface area (Å²) in [6, 6.07) is 3.77. The van der Waals surface area contributed by atoms with Crippen LogP contribution in [0.5, 0.6) is 0 Å². The van der Waals surface area contributed by atoms with Gasteiger partial charge in [0.25, 0.3) is 0 Å². The van der Waals surface area contributed by atoms with Crippen LogP contribution in [0.4, 0.5) is 0 Å². The first-order chi connectivity index (χ1) is 5.74. The molecule has 1 aromatic rings. The van der Waals surface area contributed by atoms with E-state index in [4.69, 9.17) is 5.26 Å². The lowest BCUT2D eigenvalue weighted by molar-refractivity contribution is 1.18. The first-order valence-electron chi connectivity index (χ1n) is 4.07. The highest BCUT2D eigenvalue weighted by molar-refractivity contribution is 5.29. The van der Waals surface area contributed by atoms with E-state index in [9.17, 15) is 0 Å². The van der Waals surface area contributed by atoms with Gasteiger partial charge in [0.15, 0.2) is 0 Å². The van der Waals surface area contributed by atoms with Gasteiger partial charge in [0, 0.05) is 6.20 Å². The van der Waals surface area contributed by atoms with Crippen molar-refractivity contribution in [1.29, 1.82) is 5.26 Å². The summed E-state index contributed by atoms with van der Waals surface area (Å²) in [6.45, 7) is 7.95. The Morgan fingerprint density at radius 2 is 1.83 bits per heavy atom. The zero-order valence-electron chi connectivity index (χ0n) is 8.05. The Balaban J connectivity index is 0.000000561. The zero-order valence-corrected chi connectivity index (χ0v) is 8.05. The Hall–Kier alpha value is -1.36. The lowest BCUT2D eigenvalue weighted by Crippen LogP contribution is -1.86. The van der Waals surface area contributed by atoms with Crippen molar-refractivity contribution in [2.45, 2.75) is 27.7 Å².